The lowest BCUT2D eigenvalue weighted by Gasteiger charge is -2.26. The summed E-state index contributed by atoms with van der Waals surface area (Å²) in [4.78, 5) is 29.9. The highest BCUT2D eigenvalue weighted by molar-refractivity contribution is 6.24. The van der Waals surface area contributed by atoms with Gasteiger partial charge in [0.15, 0.2) is 0 Å². The predicted octanol–water partition coefficient (Wildman–Crippen LogP) is 6.56. The average molecular weight is 623 g/mol. The van der Waals surface area contributed by atoms with Crippen LogP contribution in [0.1, 0.15) is 48.1 Å². The van der Waals surface area contributed by atoms with Crippen LogP contribution < -0.4 is 14.2 Å². The summed E-state index contributed by atoms with van der Waals surface area (Å²) < 4.78 is 19.2. The van der Waals surface area contributed by atoms with Gasteiger partial charge in [0, 0.05) is 50.8 Å². The van der Waals surface area contributed by atoms with Crippen LogP contribution in [0.5, 0.6) is 23.1 Å². The second-order valence-electron chi connectivity index (χ2n) is 11.6. The molecule has 1 fully saturated rings. The van der Waals surface area contributed by atoms with E-state index in [9.17, 15) is 9.59 Å². The molecule has 1 aliphatic rings. The van der Waals surface area contributed by atoms with E-state index in [1.165, 1.54) is 6.42 Å². The first-order valence-electron chi connectivity index (χ1n) is 15.6. The minimum Gasteiger partial charge on any atom is -0.497 e. The number of hydrogen-bond acceptors (Lipinski definition) is 6. The Hall–Kier alpha value is -5.05. The molecule has 1 aliphatic heterocycles. The van der Waals surface area contributed by atoms with Gasteiger partial charge in [-0.25, -0.2) is 4.68 Å². The third-order valence-corrected chi connectivity index (χ3v) is 8.14. The van der Waals surface area contributed by atoms with E-state index < -0.39 is 0 Å². The second-order valence-corrected chi connectivity index (χ2v) is 11.6. The summed E-state index contributed by atoms with van der Waals surface area (Å²) in [6, 6.07) is 22.8. The number of para-hydroxylation sites is 1. The first-order valence-corrected chi connectivity index (χ1v) is 15.6. The molecule has 2 heterocycles. The van der Waals surface area contributed by atoms with Gasteiger partial charge in [-0.15, -0.1) is 0 Å². The Kier molecular flexibility index (Phi) is 10.4. The first-order chi connectivity index (χ1) is 22.3. The molecule has 0 atom stereocenters. The first kappa shape index (κ1) is 32.3. The van der Waals surface area contributed by atoms with Crippen LogP contribution in [0.25, 0.3) is 17.3 Å². The van der Waals surface area contributed by atoms with Gasteiger partial charge in [0.1, 0.15) is 17.2 Å². The van der Waals surface area contributed by atoms with E-state index in [1.807, 2.05) is 84.6 Å². The Morgan fingerprint density at radius 2 is 1.52 bits per heavy atom. The Morgan fingerprint density at radius 3 is 2.13 bits per heavy atom. The molecule has 46 heavy (non-hydrogen) atoms. The van der Waals surface area contributed by atoms with Crippen molar-refractivity contribution in [1.82, 2.24) is 19.6 Å². The smallest absolute Gasteiger partial charge is 0.253 e. The normalized spacial score (nSPS) is 13.3. The van der Waals surface area contributed by atoms with Crippen LogP contribution in [-0.4, -0.2) is 72.8 Å². The maximum atomic E-state index is 13.3. The van der Waals surface area contributed by atoms with Crippen molar-refractivity contribution in [2.75, 3.05) is 41.4 Å². The van der Waals surface area contributed by atoms with Gasteiger partial charge in [0.2, 0.25) is 11.8 Å². The van der Waals surface area contributed by atoms with Gasteiger partial charge in [-0.3, -0.25) is 9.59 Å². The Labute approximate surface area is 271 Å². The molecule has 0 aliphatic carbocycles. The van der Waals surface area contributed by atoms with E-state index in [0.29, 0.717) is 41.5 Å². The van der Waals surface area contributed by atoms with Crippen LogP contribution in [0.15, 0.2) is 72.8 Å². The van der Waals surface area contributed by atoms with Gasteiger partial charge in [0.05, 0.1) is 25.6 Å². The fraction of sp³-hybridized carbons (Fsp3) is 0.324. The molecule has 2 amide bonds. The van der Waals surface area contributed by atoms with E-state index in [0.717, 1.165) is 54.0 Å². The summed E-state index contributed by atoms with van der Waals surface area (Å²) in [6.07, 6.45) is 6.05. The lowest BCUT2D eigenvalue weighted by Crippen LogP contribution is -2.35. The molecule has 1 aromatic heterocycles. The quantitative estimate of drug-likeness (QED) is 0.139. The van der Waals surface area contributed by atoms with Crippen LogP contribution in [0.3, 0.4) is 0 Å². The Bertz CT molecular complexity index is 1660. The van der Waals surface area contributed by atoms with Gasteiger partial charge in [-0.2, -0.15) is 5.10 Å². The maximum Gasteiger partial charge on any atom is 0.253 e. The molecule has 0 N–H and O–H groups in total. The van der Waals surface area contributed by atoms with Crippen molar-refractivity contribution in [1.29, 1.82) is 0 Å². The standard InChI is InChI=1S/C37H42N4O5/c1-26-33(18-19-35(42)40-20-10-7-11-21-40)37(41(38-26)29-12-8-6-9-13-29)46-30-16-14-28(15-17-30)34(36(43)39(2)3)24-27-22-31(44-4)25-32(23-27)45-5/h6,8-9,12-17,22-25H,7,10-11,18-21H2,1-5H3. The van der Waals surface area contributed by atoms with Crippen LogP contribution in [0.4, 0.5) is 0 Å². The predicted molar refractivity (Wildman–Crippen MR) is 180 cm³/mol. The highest BCUT2D eigenvalue weighted by Gasteiger charge is 2.23. The van der Waals surface area contributed by atoms with Crippen molar-refractivity contribution in [3.05, 3.63) is 95.2 Å². The van der Waals surface area contributed by atoms with E-state index in [4.69, 9.17) is 19.3 Å². The van der Waals surface area contributed by atoms with Crippen LogP contribution in [-0.2, 0) is 16.0 Å². The van der Waals surface area contributed by atoms with Crippen LogP contribution in [0.2, 0.25) is 0 Å². The second kappa shape index (κ2) is 14.8. The molecular weight excluding hydrogens is 580 g/mol. The number of carbonyl (C=O) groups excluding carboxylic acids is 2. The van der Waals surface area contributed by atoms with E-state index in [2.05, 4.69) is 0 Å². The minimum atomic E-state index is -0.145. The van der Waals surface area contributed by atoms with Gasteiger partial charge in [-0.05, 0) is 86.2 Å². The van der Waals surface area contributed by atoms with Crippen molar-refractivity contribution in [2.45, 2.75) is 39.0 Å². The number of benzene rings is 3. The van der Waals surface area contributed by atoms with Crippen molar-refractivity contribution < 1.29 is 23.8 Å². The van der Waals surface area contributed by atoms with E-state index in [-0.39, 0.29) is 11.8 Å². The topological polar surface area (TPSA) is 86.1 Å². The largest absolute Gasteiger partial charge is 0.497 e. The molecule has 0 radical (unpaired) electrons. The number of rotatable bonds is 11. The average Bonchev–Trinajstić information content (AvgIpc) is 3.40. The van der Waals surface area contributed by atoms with Crippen molar-refractivity contribution in [2.24, 2.45) is 0 Å². The zero-order valence-corrected chi connectivity index (χ0v) is 27.3. The monoisotopic (exact) mass is 622 g/mol. The number of carbonyl (C=O) groups is 2. The van der Waals surface area contributed by atoms with Crippen LogP contribution >= 0.6 is 0 Å². The third kappa shape index (κ3) is 7.59. The van der Waals surface area contributed by atoms with E-state index >= 15 is 0 Å². The molecule has 5 rings (SSSR count). The van der Waals surface area contributed by atoms with Gasteiger partial charge in [-0.1, -0.05) is 30.3 Å². The molecule has 9 nitrogen and oxygen atoms in total. The number of aromatic nitrogens is 2. The molecule has 1 saturated heterocycles. The molecule has 0 saturated carbocycles. The highest BCUT2D eigenvalue weighted by Crippen LogP contribution is 2.33. The summed E-state index contributed by atoms with van der Waals surface area (Å²) in [5.41, 5.74) is 4.59. The molecule has 0 spiro atoms. The summed E-state index contributed by atoms with van der Waals surface area (Å²) in [5.74, 6) is 2.44. The minimum absolute atomic E-state index is 0.145. The number of aryl methyl sites for hydroxylation is 1. The Balaban J connectivity index is 1.46. The van der Waals surface area contributed by atoms with Gasteiger partial charge < -0.3 is 24.0 Å². The number of nitrogens with zero attached hydrogens (tertiary/aromatic N) is 4. The molecule has 240 valence electrons. The number of hydrogen-bond donors (Lipinski definition) is 0. The molecule has 3 aromatic carbocycles. The third-order valence-electron chi connectivity index (χ3n) is 8.14. The highest BCUT2D eigenvalue weighted by atomic mass is 16.5. The number of amides is 2. The number of ether oxygens (including phenoxy) is 3. The lowest BCUT2D eigenvalue weighted by atomic mass is 10.0. The number of methoxy groups -OCH3 is 2. The molecule has 0 unspecified atom stereocenters. The number of likely N-dealkylation sites (N-methyl/N-ethyl adjacent to an activating group) is 1. The van der Waals surface area contributed by atoms with Gasteiger partial charge >= 0.3 is 0 Å². The van der Waals surface area contributed by atoms with Crippen LogP contribution in [0, 0.1) is 6.92 Å². The maximum absolute atomic E-state index is 13.3. The summed E-state index contributed by atoms with van der Waals surface area (Å²) >= 11 is 0. The van der Waals surface area contributed by atoms with Crippen molar-refractivity contribution in [3.63, 3.8) is 0 Å². The zero-order chi connectivity index (χ0) is 32.6. The fourth-order valence-corrected chi connectivity index (χ4v) is 5.61. The number of likely N-dealkylation sites (tertiary alicyclic amines) is 1. The number of piperidine rings is 1. The molecule has 9 heteroatoms. The summed E-state index contributed by atoms with van der Waals surface area (Å²) in [5, 5.41) is 4.82. The van der Waals surface area contributed by atoms with Crippen molar-refractivity contribution in [3.8, 4) is 28.8 Å². The SMILES string of the molecule is COc1cc(C=C(C(=O)N(C)C)c2ccc(Oc3c(CCC(=O)N4CCCCC4)c(C)nn3-c3ccccc3)cc2)cc(OC)c1. The molecule has 0 bridgehead atoms. The van der Waals surface area contributed by atoms with Gasteiger partial charge in [0.25, 0.3) is 5.91 Å². The molecular formula is C37H42N4O5. The summed E-state index contributed by atoms with van der Waals surface area (Å²) in [6.45, 7) is 3.61. The summed E-state index contributed by atoms with van der Waals surface area (Å²) in [7, 11) is 6.64. The zero-order valence-electron chi connectivity index (χ0n) is 27.3. The van der Waals surface area contributed by atoms with E-state index in [1.54, 1.807) is 44.0 Å². The Morgan fingerprint density at radius 1 is 0.870 bits per heavy atom. The van der Waals surface area contributed by atoms with Crippen molar-refractivity contribution >= 4 is 23.5 Å². The molecule has 4 aromatic rings. The fourth-order valence-electron chi connectivity index (χ4n) is 5.61. The lowest BCUT2D eigenvalue weighted by molar-refractivity contribution is -0.132.